The van der Waals surface area contributed by atoms with E-state index in [-0.39, 0.29) is 6.10 Å². The van der Waals surface area contributed by atoms with E-state index in [1.807, 2.05) is 12.1 Å². The molecule has 0 unspecified atom stereocenters. The van der Waals surface area contributed by atoms with Crippen LogP contribution in [-0.2, 0) is 4.79 Å². The number of hydrogen-bond donors (Lipinski definition) is 0. The number of carbonyl (C=O) groups excluding carboxylic acids is 1. The Balaban J connectivity index is 1.35. The monoisotopic (exact) mass is 300 g/mol. The maximum Gasteiger partial charge on any atom is 0.222 e. The quantitative estimate of drug-likeness (QED) is 0.858. The molecule has 0 radical (unpaired) electrons. The summed E-state index contributed by atoms with van der Waals surface area (Å²) in [4.78, 5) is 18.6. The van der Waals surface area contributed by atoms with Gasteiger partial charge in [0, 0.05) is 31.6 Å². The molecule has 0 N–H and O–H groups in total. The number of fused-ring (bicyclic) bond motifs is 1. The molecule has 4 nitrogen and oxygen atoms in total. The summed E-state index contributed by atoms with van der Waals surface area (Å²) >= 11 is 0. The summed E-state index contributed by atoms with van der Waals surface area (Å²) in [5.74, 6) is 3.03. The molecule has 2 aliphatic carbocycles. The van der Waals surface area contributed by atoms with Crippen LogP contribution in [0.25, 0.3) is 0 Å². The van der Waals surface area contributed by atoms with Crippen LogP contribution in [0.2, 0.25) is 0 Å². The minimum atomic E-state index is 0.246. The van der Waals surface area contributed by atoms with E-state index < -0.39 is 0 Å². The lowest BCUT2D eigenvalue weighted by molar-refractivity contribution is -0.132. The van der Waals surface area contributed by atoms with E-state index in [9.17, 15) is 4.79 Å². The third-order valence-corrected chi connectivity index (χ3v) is 5.75. The topological polar surface area (TPSA) is 42.4 Å². The molecule has 3 atom stereocenters. The molecule has 1 aromatic heterocycles. The third-order valence-electron chi connectivity index (χ3n) is 5.75. The lowest BCUT2D eigenvalue weighted by Gasteiger charge is -2.27. The summed E-state index contributed by atoms with van der Waals surface area (Å²) < 4.78 is 6.13. The van der Waals surface area contributed by atoms with E-state index in [0.717, 1.165) is 31.7 Å². The highest BCUT2D eigenvalue weighted by Gasteiger charge is 2.45. The van der Waals surface area contributed by atoms with Crippen LogP contribution in [0.3, 0.4) is 0 Å². The summed E-state index contributed by atoms with van der Waals surface area (Å²) in [6, 6.07) is 3.87. The predicted octanol–water partition coefficient (Wildman–Crippen LogP) is 2.89. The van der Waals surface area contributed by atoms with Crippen LogP contribution in [0.15, 0.2) is 24.5 Å². The number of carbonyl (C=O) groups is 1. The molecule has 1 saturated heterocycles. The van der Waals surface area contributed by atoms with E-state index in [1.54, 1.807) is 12.4 Å². The van der Waals surface area contributed by atoms with Crippen molar-refractivity contribution in [3.63, 3.8) is 0 Å². The molecule has 4 heteroatoms. The number of amides is 1. The lowest BCUT2D eigenvalue weighted by atomic mass is 9.83. The maximum atomic E-state index is 12.4. The van der Waals surface area contributed by atoms with Crippen LogP contribution in [0, 0.1) is 17.8 Å². The molecule has 3 aliphatic rings. The number of aromatic nitrogens is 1. The maximum absolute atomic E-state index is 12.4. The molecular formula is C18H24N2O2. The summed E-state index contributed by atoms with van der Waals surface area (Å²) in [5, 5.41) is 0. The Hall–Kier alpha value is -1.58. The Morgan fingerprint density at radius 2 is 2.18 bits per heavy atom. The Kier molecular flexibility index (Phi) is 3.77. The second-order valence-corrected chi connectivity index (χ2v) is 7.15. The van der Waals surface area contributed by atoms with Gasteiger partial charge in [-0.1, -0.05) is 6.42 Å². The Morgan fingerprint density at radius 3 is 2.91 bits per heavy atom. The average molecular weight is 300 g/mol. The highest BCUT2D eigenvalue weighted by atomic mass is 16.5. The fourth-order valence-corrected chi connectivity index (χ4v) is 4.23. The number of likely N-dealkylation sites (tertiary alicyclic amines) is 1. The van der Waals surface area contributed by atoms with Gasteiger partial charge < -0.3 is 9.64 Å². The summed E-state index contributed by atoms with van der Waals surface area (Å²) in [7, 11) is 0. The molecule has 0 aromatic carbocycles. The van der Waals surface area contributed by atoms with Crippen LogP contribution in [-0.4, -0.2) is 35.0 Å². The molecule has 118 valence electrons. The molecule has 0 spiro atoms. The highest BCUT2D eigenvalue weighted by molar-refractivity contribution is 5.77. The van der Waals surface area contributed by atoms with Gasteiger partial charge in [0.05, 0.1) is 6.20 Å². The van der Waals surface area contributed by atoms with Gasteiger partial charge in [0.1, 0.15) is 11.9 Å². The van der Waals surface area contributed by atoms with Gasteiger partial charge in [-0.3, -0.25) is 9.78 Å². The van der Waals surface area contributed by atoms with Crippen molar-refractivity contribution in [3.05, 3.63) is 24.5 Å². The molecule has 2 heterocycles. The smallest absolute Gasteiger partial charge is 0.222 e. The number of rotatable bonds is 4. The molecule has 3 fully saturated rings. The number of ether oxygens (including phenoxy) is 1. The molecular weight excluding hydrogens is 276 g/mol. The first-order valence-corrected chi connectivity index (χ1v) is 8.64. The Bertz CT molecular complexity index is 529. The summed E-state index contributed by atoms with van der Waals surface area (Å²) in [6.45, 7) is 1.84. The molecule has 4 rings (SSSR count). The van der Waals surface area contributed by atoms with E-state index in [0.29, 0.717) is 23.7 Å². The van der Waals surface area contributed by atoms with E-state index in [2.05, 4.69) is 9.88 Å². The Morgan fingerprint density at radius 1 is 1.27 bits per heavy atom. The van der Waals surface area contributed by atoms with Gasteiger partial charge in [-0.2, -0.15) is 0 Å². The van der Waals surface area contributed by atoms with Gasteiger partial charge in [0.15, 0.2) is 0 Å². The van der Waals surface area contributed by atoms with E-state index >= 15 is 0 Å². The normalized spacial score (nSPS) is 30.9. The molecule has 22 heavy (non-hydrogen) atoms. The first kappa shape index (κ1) is 14.0. The minimum Gasteiger partial charge on any atom is -0.488 e. The van der Waals surface area contributed by atoms with Crippen molar-refractivity contribution in [2.24, 2.45) is 17.8 Å². The van der Waals surface area contributed by atoms with E-state index in [1.165, 1.54) is 25.7 Å². The van der Waals surface area contributed by atoms with E-state index in [4.69, 9.17) is 4.74 Å². The largest absolute Gasteiger partial charge is 0.488 e. The van der Waals surface area contributed by atoms with Crippen LogP contribution < -0.4 is 4.74 Å². The second kappa shape index (κ2) is 5.90. The molecule has 0 bridgehead atoms. The fraction of sp³-hybridized carbons (Fsp3) is 0.667. The second-order valence-electron chi connectivity index (χ2n) is 7.15. The standard InChI is InChI=1S/C18H24N2O2/c21-18(9-13-3-1-4-13)20-11-14-6-7-17(16(14)12-20)22-15-5-2-8-19-10-15/h2,5,8,10,13-14,16-17H,1,3-4,6-7,9,11-12H2/t14-,16+,17-/m1/s1. The van der Waals surface area contributed by atoms with Crippen LogP contribution in [0.1, 0.15) is 38.5 Å². The van der Waals surface area contributed by atoms with Gasteiger partial charge in [0.2, 0.25) is 5.91 Å². The van der Waals surface area contributed by atoms with Crippen molar-refractivity contribution in [1.82, 2.24) is 9.88 Å². The lowest BCUT2D eigenvalue weighted by Crippen LogP contribution is -2.34. The summed E-state index contributed by atoms with van der Waals surface area (Å²) in [6.07, 6.45) is 10.7. The predicted molar refractivity (Wildman–Crippen MR) is 83.4 cm³/mol. The van der Waals surface area contributed by atoms with Crippen LogP contribution in [0.4, 0.5) is 0 Å². The van der Waals surface area contributed by atoms with Crippen molar-refractivity contribution in [2.45, 2.75) is 44.6 Å². The first-order valence-electron chi connectivity index (χ1n) is 8.64. The van der Waals surface area contributed by atoms with Gasteiger partial charge in [-0.25, -0.2) is 0 Å². The van der Waals surface area contributed by atoms with Crippen molar-refractivity contribution < 1.29 is 9.53 Å². The average Bonchev–Trinajstić information content (AvgIpc) is 3.06. The number of nitrogens with zero attached hydrogens (tertiary/aromatic N) is 2. The fourth-order valence-electron chi connectivity index (χ4n) is 4.23. The number of pyridine rings is 1. The minimum absolute atomic E-state index is 0.246. The van der Waals surface area contributed by atoms with Crippen LogP contribution in [0.5, 0.6) is 5.75 Å². The third kappa shape index (κ3) is 2.71. The van der Waals surface area contributed by atoms with Crippen molar-refractivity contribution in [2.75, 3.05) is 13.1 Å². The SMILES string of the molecule is O=C(CC1CCC1)N1C[C@H]2CC[C@@H](Oc3cccnc3)[C@H]2C1. The zero-order chi connectivity index (χ0) is 14.9. The zero-order valence-electron chi connectivity index (χ0n) is 13.0. The first-order chi connectivity index (χ1) is 10.8. The van der Waals surface area contributed by atoms with Gasteiger partial charge in [-0.05, 0) is 49.7 Å². The van der Waals surface area contributed by atoms with Crippen molar-refractivity contribution in [1.29, 1.82) is 0 Å². The van der Waals surface area contributed by atoms with Gasteiger partial charge in [-0.15, -0.1) is 0 Å². The Labute approximate surface area is 131 Å². The molecule has 2 saturated carbocycles. The van der Waals surface area contributed by atoms with Crippen molar-refractivity contribution >= 4 is 5.91 Å². The van der Waals surface area contributed by atoms with Gasteiger partial charge in [0.25, 0.3) is 0 Å². The molecule has 1 aromatic rings. The zero-order valence-corrected chi connectivity index (χ0v) is 13.0. The van der Waals surface area contributed by atoms with Crippen LogP contribution >= 0.6 is 0 Å². The summed E-state index contributed by atoms with van der Waals surface area (Å²) in [5.41, 5.74) is 0. The highest BCUT2D eigenvalue weighted by Crippen LogP contribution is 2.41. The molecule has 1 amide bonds. The molecule has 1 aliphatic heterocycles. The van der Waals surface area contributed by atoms with Crippen molar-refractivity contribution in [3.8, 4) is 5.75 Å². The van der Waals surface area contributed by atoms with Gasteiger partial charge >= 0.3 is 0 Å². The number of hydrogen-bond acceptors (Lipinski definition) is 3.